The van der Waals surface area contributed by atoms with Gasteiger partial charge in [0, 0.05) is 5.92 Å². The molecule has 1 unspecified atom stereocenters. The zero-order valence-corrected chi connectivity index (χ0v) is 10.7. The largest absolute Gasteiger partial charge is 0.493 e. The third kappa shape index (κ3) is 2.46. The van der Waals surface area contributed by atoms with Gasteiger partial charge in [0.05, 0.1) is 14.2 Å². The Bertz CT molecular complexity index is 409. The predicted octanol–water partition coefficient (Wildman–Crippen LogP) is 3.92. The first-order chi connectivity index (χ1) is 8.26. The second-order valence-corrected chi connectivity index (χ2v) is 4.57. The molecule has 1 aliphatic rings. The fourth-order valence-corrected chi connectivity index (χ4v) is 2.55. The molecule has 1 aromatic rings. The smallest absolute Gasteiger partial charge is 0.161 e. The van der Waals surface area contributed by atoms with Gasteiger partial charge in [0.1, 0.15) is 0 Å². The highest BCUT2D eigenvalue weighted by Gasteiger charge is 2.20. The molecule has 0 saturated heterocycles. The van der Waals surface area contributed by atoms with E-state index in [2.05, 4.69) is 18.7 Å². The topological polar surface area (TPSA) is 18.5 Å². The van der Waals surface area contributed by atoms with Crippen LogP contribution in [-0.4, -0.2) is 14.2 Å². The second kappa shape index (κ2) is 5.26. The third-order valence-electron chi connectivity index (χ3n) is 3.54. The van der Waals surface area contributed by atoms with Gasteiger partial charge >= 0.3 is 0 Å². The molecule has 1 atom stereocenters. The van der Waals surface area contributed by atoms with Crippen molar-refractivity contribution in [2.75, 3.05) is 14.2 Å². The van der Waals surface area contributed by atoms with Crippen molar-refractivity contribution in [1.82, 2.24) is 0 Å². The van der Waals surface area contributed by atoms with Gasteiger partial charge in [-0.25, -0.2) is 0 Å². The average Bonchev–Trinajstić information content (AvgIpc) is 2.38. The van der Waals surface area contributed by atoms with Gasteiger partial charge in [0.25, 0.3) is 0 Å². The van der Waals surface area contributed by atoms with Crippen LogP contribution in [-0.2, 0) is 0 Å². The van der Waals surface area contributed by atoms with Crippen molar-refractivity contribution >= 4 is 0 Å². The molecule has 0 amide bonds. The molecule has 92 valence electrons. The van der Waals surface area contributed by atoms with Crippen LogP contribution in [0, 0.1) is 0 Å². The highest BCUT2D eigenvalue weighted by atomic mass is 16.5. The minimum atomic E-state index is 0.489. The van der Waals surface area contributed by atoms with E-state index in [0.717, 1.165) is 17.9 Å². The lowest BCUT2D eigenvalue weighted by atomic mass is 9.80. The van der Waals surface area contributed by atoms with Gasteiger partial charge < -0.3 is 9.47 Å². The van der Waals surface area contributed by atoms with Crippen LogP contribution >= 0.6 is 0 Å². The van der Waals surface area contributed by atoms with Gasteiger partial charge in [-0.2, -0.15) is 0 Å². The summed E-state index contributed by atoms with van der Waals surface area (Å²) >= 11 is 0. The van der Waals surface area contributed by atoms with E-state index in [0.29, 0.717) is 5.92 Å². The molecule has 0 N–H and O–H groups in total. The molecule has 0 radical (unpaired) electrons. The summed E-state index contributed by atoms with van der Waals surface area (Å²) in [7, 11) is 3.34. The zero-order chi connectivity index (χ0) is 12.3. The van der Waals surface area contributed by atoms with Crippen LogP contribution in [0.4, 0.5) is 0 Å². The predicted molar refractivity (Wildman–Crippen MR) is 69.9 cm³/mol. The Morgan fingerprint density at radius 2 is 1.88 bits per heavy atom. The van der Waals surface area contributed by atoms with Gasteiger partial charge in [0.15, 0.2) is 11.5 Å². The lowest BCUT2D eigenvalue weighted by Gasteiger charge is -2.25. The maximum atomic E-state index is 5.35. The van der Waals surface area contributed by atoms with E-state index in [4.69, 9.17) is 9.47 Å². The maximum Gasteiger partial charge on any atom is 0.161 e. The van der Waals surface area contributed by atoms with Crippen LogP contribution in [0.3, 0.4) is 0 Å². The van der Waals surface area contributed by atoms with Crippen molar-refractivity contribution < 1.29 is 9.47 Å². The van der Waals surface area contributed by atoms with Crippen LogP contribution in [0.5, 0.6) is 11.5 Å². The van der Waals surface area contributed by atoms with Crippen molar-refractivity contribution in [3.05, 3.63) is 35.9 Å². The van der Waals surface area contributed by atoms with Crippen LogP contribution < -0.4 is 9.47 Å². The fourth-order valence-electron chi connectivity index (χ4n) is 2.55. The van der Waals surface area contributed by atoms with E-state index >= 15 is 0 Å². The molecule has 0 aliphatic heterocycles. The Labute approximate surface area is 103 Å². The Morgan fingerprint density at radius 1 is 1.12 bits per heavy atom. The number of hydrogen-bond acceptors (Lipinski definition) is 2. The molecule has 1 aliphatic carbocycles. The van der Waals surface area contributed by atoms with E-state index in [1.54, 1.807) is 14.2 Å². The van der Waals surface area contributed by atoms with Crippen molar-refractivity contribution in [1.29, 1.82) is 0 Å². The lowest BCUT2D eigenvalue weighted by Crippen LogP contribution is -2.07. The van der Waals surface area contributed by atoms with E-state index in [1.807, 2.05) is 6.07 Å². The Kier molecular flexibility index (Phi) is 3.72. The summed E-state index contributed by atoms with van der Waals surface area (Å²) in [5.74, 6) is 2.09. The summed E-state index contributed by atoms with van der Waals surface area (Å²) < 4.78 is 10.6. The molecule has 1 saturated carbocycles. The molecular weight excluding hydrogens is 212 g/mol. The summed E-state index contributed by atoms with van der Waals surface area (Å²) in [5.41, 5.74) is 2.65. The van der Waals surface area contributed by atoms with Gasteiger partial charge in [-0.15, -0.1) is 0 Å². The Morgan fingerprint density at radius 3 is 2.53 bits per heavy atom. The molecule has 0 spiro atoms. The van der Waals surface area contributed by atoms with Crippen molar-refractivity contribution in [3.63, 3.8) is 0 Å². The summed E-state index contributed by atoms with van der Waals surface area (Å²) in [4.78, 5) is 0. The van der Waals surface area contributed by atoms with Crippen molar-refractivity contribution in [3.8, 4) is 11.5 Å². The number of benzene rings is 1. The molecular formula is C15H20O2. The van der Waals surface area contributed by atoms with E-state index in [-0.39, 0.29) is 0 Å². The third-order valence-corrected chi connectivity index (χ3v) is 3.54. The molecule has 2 nitrogen and oxygen atoms in total. The summed E-state index contributed by atoms with van der Waals surface area (Å²) in [5, 5.41) is 0. The summed E-state index contributed by atoms with van der Waals surface area (Å²) in [6.07, 6.45) is 4.92. The molecule has 0 heterocycles. The van der Waals surface area contributed by atoms with E-state index in [9.17, 15) is 0 Å². The number of allylic oxidation sites excluding steroid dienone is 1. The number of rotatable bonds is 3. The molecule has 2 heteroatoms. The Hall–Kier alpha value is -1.44. The molecule has 1 fully saturated rings. The highest BCUT2D eigenvalue weighted by Crippen LogP contribution is 2.39. The standard InChI is InChI=1S/C15H20O2/c1-11-6-4-5-7-13(11)12-8-9-14(16-2)15(10-12)17-3/h8-10,13H,1,4-7H2,2-3H3. The zero-order valence-electron chi connectivity index (χ0n) is 10.7. The van der Waals surface area contributed by atoms with Gasteiger partial charge in [-0.05, 0) is 37.0 Å². The van der Waals surface area contributed by atoms with E-state index < -0.39 is 0 Å². The van der Waals surface area contributed by atoms with Crippen molar-refractivity contribution in [2.24, 2.45) is 0 Å². The Balaban J connectivity index is 2.29. The second-order valence-electron chi connectivity index (χ2n) is 4.57. The van der Waals surface area contributed by atoms with Gasteiger partial charge in [-0.3, -0.25) is 0 Å². The maximum absolute atomic E-state index is 5.35. The quantitative estimate of drug-likeness (QED) is 0.735. The molecule has 2 rings (SSSR count). The number of methoxy groups -OCH3 is 2. The van der Waals surface area contributed by atoms with Crippen LogP contribution in [0.15, 0.2) is 30.4 Å². The van der Waals surface area contributed by atoms with E-state index in [1.165, 1.54) is 30.4 Å². The highest BCUT2D eigenvalue weighted by molar-refractivity contribution is 5.45. The van der Waals surface area contributed by atoms with Crippen LogP contribution in [0.25, 0.3) is 0 Å². The van der Waals surface area contributed by atoms with Crippen LogP contribution in [0.2, 0.25) is 0 Å². The number of hydrogen-bond donors (Lipinski definition) is 0. The fraction of sp³-hybridized carbons (Fsp3) is 0.467. The number of ether oxygens (including phenoxy) is 2. The summed E-state index contributed by atoms with van der Waals surface area (Å²) in [6.45, 7) is 4.20. The minimum Gasteiger partial charge on any atom is -0.493 e. The van der Waals surface area contributed by atoms with Gasteiger partial charge in [-0.1, -0.05) is 24.6 Å². The van der Waals surface area contributed by atoms with Crippen LogP contribution in [0.1, 0.15) is 37.2 Å². The normalized spacial score (nSPS) is 20.1. The monoisotopic (exact) mass is 232 g/mol. The molecule has 1 aromatic carbocycles. The van der Waals surface area contributed by atoms with Gasteiger partial charge in [0.2, 0.25) is 0 Å². The lowest BCUT2D eigenvalue weighted by molar-refractivity contribution is 0.354. The average molecular weight is 232 g/mol. The first-order valence-corrected chi connectivity index (χ1v) is 6.16. The summed E-state index contributed by atoms with van der Waals surface area (Å²) in [6, 6.07) is 6.19. The first-order valence-electron chi connectivity index (χ1n) is 6.16. The molecule has 0 bridgehead atoms. The SMILES string of the molecule is C=C1CCCCC1c1ccc(OC)c(OC)c1. The molecule has 17 heavy (non-hydrogen) atoms. The van der Waals surface area contributed by atoms with Crippen molar-refractivity contribution in [2.45, 2.75) is 31.6 Å². The molecule has 0 aromatic heterocycles. The first kappa shape index (κ1) is 12.0. The minimum absolute atomic E-state index is 0.489.